The lowest BCUT2D eigenvalue weighted by Crippen LogP contribution is -2.31. The molecule has 6 nitrogen and oxygen atoms in total. The van der Waals surface area contributed by atoms with Gasteiger partial charge in [0.2, 0.25) is 11.6 Å². The van der Waals surface area contributed by atoms with E-state index in [1.54, 1.807) is 0 Å². The van der Waals surface area contributed by atoms with Gasteiger partial charge in [-0.25, -0.2) is 0 Å². The summed E-state index contributed by atoms with van der Waals surface area (Å²) < 4.78 is 0. The van der Waals surface area contributed by atoms with Gasteiger partial charge in [-0.05, 0) is 65.0 Å². The summed E-state index contributed by atoms with van der Waals surface area (Å²) in [6.45, 7) is 16.5. The predicted octanol–water partition coefficient (Wildman–Crippen LogP) is 2.33. The molecule has 0 heterocycles. The molecule has 0 bridgehead atoms. The summed E-state index contributed by atoms with van der Waals surface area (Å²) in [7, 11) is 0. The third kappa shape index (κ3) is 9.02. The van der Waals surface area contributed by atoms with Gasteiger partial charge in [0.1, 0.15) is 0 Å². The minimum atomic E-state index is -0.117. The number of rotatable bonds is 16. The molecule has 0 aromatic carbocycles. The predicted molar refractivity (Wildman–Crippen MR) is 116 cm³/mol. The number of hydrogen-bond donors (Lipinski definition) is 2. The van der Waals surface area contributed by atoms with Crippen LogP contribution in [0.15, 0.2) is 23.5 Å². The van der Waals surface area contributed by atoms with Crippen LogP contribution in [0, 0.1) is 0 Å². The lowest BCUT2D eigenvalue weighted by Gasteiger charge is -2.19. The van der Waals surface area contributed by atoms with Crippen molar-refractivity contribution in [3.8, 4) is 0 Å². The van der Waals surface area contributed by atoms with Crippen molar-refractivity contribution in [2.75, 3.05) is 52.4 Å². The van der Waals surface area contributed by atoms with Crippen LogP contribution in [0.5, 0.6) is 0 Å². The Bertz CT molecular complexity index is 487. The second kappa shape index (κ2) is 14.4. The van der Waals surface area contributed by atoms with Gasteiger partial charge in [-0.15, -0.1) is 0 Å². The van der Waals surface area contributed by atoms with Crippen LogP contribution in [0.2, 0.25) is 0 Å². The summed E-state index contributed by atoms with van der Waals surface area (Å²) in [5.41, 5.74) is 0.833. The average Bonchev–Trinajstić information content (AvgIpc) is 2.70. The Morgan fingerprint density at radius 3 is 1.32 bits per heavy atom. The van der Waals surface area contributed by atoms with E-state index in [0.717, 1.165) is 65.0 Å². The molecule has 0 fully saturated rings. The zero-order valence-electron chi connectivity index (χ0n) is 18.4. The van der Waals surface area contributed by atoms with E-state index in [9.17, 15) is 9.59 Å². The highest BCUT2D eigenvalue weighted by atomic mass is 16.1. The number of carbonyl (C=O) groups is 2. The second-order valence-electron chi connectivity index (χ2n) is 7.17. The van der Waals surface area contributed by atoms with E-state index in [0.29, 0.717) is 24.5 Å². The fourth-order valence-corrected chi connectivity index (χ4v) is 3.28. The summed E-state index contributed by atoms with van der Waals surface area (Å²) in [6.07, 6.45) is 7.00. The molecule has 160 valence electrons. The molecule has 0 aliphatic heterocycles. The first kappa shape index (κ1) is 24.4. The molecular formula is C22H40N4O2. The van der Waals surface area contributed by atoms with Gasteiger partial charge in [0.05, 0.1) is 11.4 Å². The molecule has 1 rings (SSSR count). The highest BCUT2D eigenvalue weighted by Gasteiger charge is 2.19. The molecule has 0 radical (unpaired) electrons. The van der Waals surface area contributed by atoms with Gasteiger partial charge >= 0.3 is 0 Å². The summed E-state index contributed by atoms with van der Waals surface area (Å²) in [5, 5.41) is 6.26. The van der Waals surface area contributed by atoms with Crippen molar-refractivity contribution >= 4 is 11.6 Å². The molecule has 0 aromatic heterocycles. The van der Waals surface area contributed by atoms with Crippen LogP contribution in [0.4, 0.5) is 0 Å². The average molecular weight is 393 g/mol. The van der Waals surface area contributed by atoms with E-state index in [2.05, 4.69) is 48.1 Å². The summed E-state index contributed by atoms with van der Waals surface area (Å²) >= 11 is 0. The lowest BCUT2D eigenvalue weighted by molar-refractivity contribution is -0.115. The smallest absolute Gasteiger partial charge is 0.203 e. The molecule has 28 heavy (non-hydrogen) atoms. The number of carbonyl (C=O) groups excluding carboxylic acids is 2. The Kier molecular flexibility index (Phi) is 12.5. The van der Waals surface area contributed by atoms with E-state index in [1.165, 1.54) is 12.2 Å². The number of allylic oxidation sites excluding steroid dienone is 2. The summed E-state index contributed by atoms with van der Waals surface area (Å²) in [4.78, 5) is 29.3. The zero-order chi connectivity index (χ0) is 20.8. The Labute approximate surface area is 171 Å². The number of hydrogen-bond acceptors (Lipinski definition) is 6. The molecule has 0 spiro atoms. The molecule has 6 heteroatoms. The highest BCUT2D eigenvalue weighted by molar-refractivity contribution is 6.19. The number of ketones is 2. The molecule has 1 aliphatic carbocycles. The first-order valence-corrected chi connectivity index (χ1v) is 11.0. The maximum atomic E-state index is 12.3. The minimum absolute atomic E-state index is 0.117. The Morgan fingerprint density at radius 1 is 0.643 bits per heavy atom. The van der Waals surface area contributed by atoms with Crippen LogP contribution in [0.3, 0.4) is 0 Å². The monoisotopic (exact) mass is 392 g/mol. The highest BCUT2D eigenvalue weighted by Crippen LogP contribution is 2.08. The molecule has 1 aliphatic rings. The Balaban J connectivity index is 2.27. The van der Waals surface area contributed by atoms with Gasteiger partial charge in [-0.1, -0.05) is 27.7 Å². The van der Waals surface area contributed by atoms with Crippen LogP contribution in [-0.2, 0) is 9.59 Å². The van der Waals surface area contributed by atoms with E-state index in [1.807, 2.05) is 0 Å². The molecule has 0 amide bonds. The zero-order valence-corrected chi connectivity index (χ0v) is 18.4. The fraction of sp³-hybridized carbons (Fsp3) is 0.727. The van der Waals surface area contributed by atoms with E-state index >= 15 is 0 Å². The van der Waals surface area contributed by atoms with E-state index in [-0.39, 0.29) is 11.6 Å². The van der Waals surface area contributed by atoms with Crippen molar-refractivity contribution in [2.45, 2.75) is 53.4 Å². The minimum Gasteiger partial charge on any atom is -0.382 e. The molecule has 0 atom stereocenters. The second-order valence-corrected chi connectivity index (χ2v) is 7.17. The van der Waals surface area contributed by atoms with Gasteiger partial charge in [0, 0.05) is 25.2 Å². The fourth-order valence-electron chi connectivity index (χ4n) is 3.28. The van der Waals surface area contributed by atoms with Gasteiger partial charge < -0.3 is 20.4 Å². The van der Waals surface area contributed by atoms with Gasteiger partial charge in [0.15, 0.2) is 0 Å². The van der Waals surface area contributed by atoms with Crippen molar-refractivity contribution < 1.29 is 9.59 Å². The largest absolute Gasteiger partial charge is 0.382 e. The molecule has 0 unspecified atom stereocenters. The van der Waals surface area contributed by atoms with Crippen molar-refractivity contribution in [1.29, 1.82) is 0 Å². The molecule has 0 saturated heterocycles. The van der Waals surface area contributed by atoms with Crippen LogP contribution >= 0.6 is 0 Å². The first-order chi connectivity index (χ1) is 13.5. The van der Waals surface area contributed by atoms with Crippen molar-refractivity contribution in [3.05, 3.63) is 23.5 Å². The number of nitrogens with zero attached hydrogens (tertiary/aromatic N) is 2. The summed E-state index contributed by atoms with van der Waals surface area (Å²) in [6, 6.07) is 0. The van der Waals surface area contributed by atoms with E-state index in [4.69, 9.17) is 0 Å². The molecule has 2 N–H and O–H groups in total. The van der Waals surface area contributed by atoms with Gasteiger partial charge in [-0.2, -0.15) is 0 Å². The molecule has 0 aromatic rings. The van der Waals surface area contributed by atoms with Gasteiger partial charge in [-0.3, -0.25) is 9.59 Å². The third-order valence-corrected chi connectivity index (χ3v) is 5.30. The Morgan fingerprint density at radius 2 is 1.00 bits per heavy atom. The summed E-state index contributed by atoms with van der Waals surface area (Å²) in [5.74, 6) is -0.233. The third-order valence-electron chi connectivity index (χ3n) is 5.30. The van der Waals surface area contributed by atoms with Crippen molar-refractivity contribution in [1.82, 2.24) is 20.4 Å². The molecular weight excluding hydrogens is 352 g/mol. The first-order valence-electron chi connectivity index (χ1n) is 11.0. The standard InChI is InChI=1S/C22H40N4O2/c1-5-25(6-2)15-11-9-13-23-19-17-22(28)20(18-21(19)27)24-14-10-12-16-26(7-3)8-4/h17-18,23-24H,5-16H2,1-4H3. The lowest BCUT2D eigenvalue weighted by atomic mass is 10.1. The van der Waals surface area contributed by atoms with Crippen LogP contribution in [0.25, 0.3) is 0 Å². The van der Waals surface area contributed by atoms with Crippen molar-refractivity contribution in [3.63, 3.8) is 0 Å². The quantitative estimate of drug-likeness (QED) is 0.310. The van der Waals surface area contributed by atoms with Crippen LogP contribution < -0.4 is 10.6 Å². The van der Waals surface area contributed by atoms with E-state index < -0.39 is 0 Å². The Hall–Kier alpha value is -1.66. The number of nitrogens with one attached hydrogen (secondary N) is 2. The maximum absolute atomic E-state index is 12.3. The molecule has 0 saturated carbocycles. The van der Waals surface area contributed by atoms with Gasteiger partial charge in [0.25, 0.3) is 0 Å². The maximum Gasteiger partial charge on any atom is 0.203 e. The van der Waals surface area contributed by atoms with Crippen molar-refractivity contribution in [2.24, 2.45) is 0 Å². The topological polar surface area (TPSA) is 64.7 Å². The SMILES string of the molecule is CCN(CC)CCCCNC1=CC(=O)C(NCCCCN(CC)CC)=CC1=O. The van der Waals surface area contributed by atoms with Crippen LogP contribution in [0.1, 0.15) is 53.4 Å². The normalized spacial score (nSPS) is 14.5. The number of unbranched alkanes of at least 4 members (excludes halogenated alkanes) is 2. The van der Waals surface area contributed by atoms with Crippen LogP contribution in [-0.4, -0.2) is 73.7 Å².